The van der Waals surface area contributed by atoms with Crippen molar-refractivity contribution in [2.24, 2.45) is 0 Å². The lowest BCUT2D eigenvalue weighted by Crippen LogP contribution is -2.06. The summed E-state index contributed by atoms with van der Waals surface area (Å²) in [4.78, 5) is 12.8. The number of nitrogens with zero attached hydrogens (tertiary/aromatic N) is 4. The van der Waals surface area contributed by atoms with Crippen molar-refractivity contribution in [2.45, 2.75) is 20.0 Å². The Balaban J connectivity index is 1.85. The van der Waals surface area contributed by atoms with Crippen molar-refractivity contribution in [3.05, 3.63) is 59.9 Å². The van der Waals surface area contributed by atoms with E-state index in [1.54, 1.807) is 12.4 Å². The van der Waals surface area contributed by atoms with Gasteiger partial charge in [-0.1, -0.05) is 0 Å². The summed E-state index contributed by atoms with van der Waals surface area (Å²) in [6, 6.07) is 4.74. The maximum Gasteiger partial charge on any atom is 0.416 e. The van der Waals surface area contributed by atoms with Crippen LogP contribution in [0.25, 0.3) is 5.82 Å². The standard InChI is InChI=1S/C16H14F3N5/c1-10-7-21-11(2)24(10)15-9-20-8-14(23-15)22-13-5-3-12(4-6-13)16(17,18)19/h3-9H,1-2H3,(H,22,23). The zero-order chi connectivity index (χ0) is 17.3. The Labute approximate surface area is 136 Å². The number of imidazole rings is 1. The van der Waals surface area contributed by atoms with E-state index >= 15 is 0 Å². The first-order valence-corrected chi connectivity index (χ1v) is 7.12. The largest absolute Gasteiger partial charge is 0.416 e. The average Bonchev–Trinajstić information content (AvgIpc) is 2.86. The molecule has 2 heterocycles. The molecule has 0 atom stereocenters. The Bertz CT molecular complexity index is 833. The summed E-state index contributed by atoms with van der Waals surface area (Å²) in [5.41, 5.74) is 0.708. The molecule has 0 saturated carbocycles. The highest BCUT2D eigenvalue weighted by Crippen LogP contribution is 2.30. The summed E-state index contributed by atoms with van der Waals surface area (Å²) in [5, 5.41) is 2.95. The first kappa shape index (κ1) is 16.0. The molecule has 1 N–H and O–H groups in total. The zero-order valence-corrected chi connectivity index (χ0v) is 13.0. The van der Waals surface area contributed by atoms with E-state index in [4.69, 9.17) is 0 Å². The second-order valence-corrected chi connectivity index (χ2v) is 5.24. The summed E-state index contributed by atoms with van der Waals surface area (Å²) >= 11 is 0. The molecule has 3 rings (SSSR count). The lowest BCUT2D eigenvalue weighted by atomic mass is 10.2. The Kier molecular flexibility index (Phi) is 3.96. The van der Waals surface area contributed by atoms with Crippen molar-refractivity contribution in [3.63, 3.8) is 0 Å². The number of alkyl halides is 3. The van der Waals surface area contributed by atoms with Crippen LogP contribution in [0.15, 0.2) is 42.9 Å². The van der Waals surface area contributed by atoms with Crippen LogP contribution in [0.5, 0.6) is 0 Å². The van der Waals surface area contributed by atoms with Gasteiger partial charge in [0.25, 0.3) is 0 Å². The Morgan fingerprint density at radius 3 is 2.29 bits per heavy atom. The van der Waals surface area contributed by atoms with Gasteiger partial charge < -0.3 is 5.32 Å². The minimum atomic E-state index is -4.35. The molecule has 0 aliphatic rings. The highest BCUT2D eigenvalue weighted by molar-refractivity contribution is 5.56. The van der Waals surface area contributed by atoms with Crippen LogP contribution in [-0.4, -0.2) is 19.5 Å². The van der Waals surface area contributed by atoms with Gasteiger partial charge in [0.05, 0.1) is 18.0 Å². The van der Waals surface area contributed by atoms with E-state index < -0.39 is 11.7 Å². The number of nitrogens with one attached hydrogen (secondary N) is 1. The molecule has 0 fully saturated rings. The fraction of sp³-hybridized carbons (Fsp3) is 0.188. The minimum Gasteiger partial charge on any atom is -0.339 e. The van der Waals surface area contributed by atoms with Gasteiger partial charge >= 0.3 is 6.18 Å². The molecule has 0 amide bonds. The summed E-state index contributed by atoms with van der Waals surface area (Å²) < 4.78 is 39.6. The van der Waals surface area contributed by atoms with Gasteiger partial charge in [-0.3, -0.25) is 9.55 Å². The van der Waals surface area contributed by atoms with Crippen LogP contribution >= 0.6 is 0 Å². The first-order chi connectivity index (χ1) is 11.3. The monoisotopic (exact) mass is 333 g/mol. The Morgan fingerprint density at radius 1 is 1.00 bits per heavy atom. The van der Waals surface area contributed by atoms with Crippen LogP contribution in [-0.2, 0) is 6.18 Å². The van der Waals surface area contributed by atoms with Crippen molar-refractivity contribution in [1.82, 2.24) is 19.5 Å². The van der Waals surface area contributed by atoms with Crippen LogP contribution in [0, 0.1) is 13.8 Å². The number of hydrogen-bond donors (Lipinski definition) is 1. The SMILES string of the molecule is Cc1cnc(C)n1-c1cncc(Nc2ccc(C(F)(F)F)cc2)n1. The molecule has 24 heavy (non-hydrogen) atoms. The maximum absolute atomic E-state index is 12.6. The lowest BCUT2D eigenvalue weighted by molar-refractivity contribution is -0.137. The fourth-order valence-corrected chi connectivity index (χ4v) is 2.32. The maximum atomic E-state index is 12.6. The van der Waals surface area contributed by atoms with Crippen LogP contribution in [0.4, 0.5) is 24.7 Å². The van der Waals surface area contributed by atoms with Crippen LogP contribution in [0.1, 0.15) is 17.1 Å². The third-order valence-electron chi connectivity index (χ3n) is 3.45. The van der Waals surface area contributed by atoms with Gasteiger partial charge in [-0.05, 0) is 38.1 Å². The van der Waals surface area contributed by atoms with Crippen LogP contribution in [0.2, 0.25) is 0 Å². The second-order valence-electron chi connectivity index (χ2n) is 5.24. The predicted molar refractivity (Wildman–Crippen MR) is 83.4 cm³/mol. The van der Waals surface area contributed by atoms with E-state index in [-0.39, 0.29) is 0 Å². The number of halogens is 3. The summed E-state index contributed by atoms with van der Waals surface area (Å²) in [6.45, 7) is 3.75. The van der Waals surface area contributed by atoms with Crippen molar-refractivity contribution in [2.75, 3.05) is 5.32 Å². The van der Waals surface area contributed by atoms with Gasteiger partial charge in [-0.2, -0.15) is 13.2 Å². The minimum absolute atomic E-state index is 0.430. The molecule has 0 spiro atoms. The third kappa shape index (κ3) is 3.22. The molecular weight excluding hydrogens is 319 g/mol. The molecule has 8 heteroatoms. The summed E-state index contributed by atoms with van der Waals surface area (Å²) in [6.07, 6.45) is 0.476. The van der Waals surface area contributed by atoms with Crippen LogP contribution in [0.3, 0.4) is 0 Å². The molecular formula is C16H14F3N5. The fourth-order valence-electron chi connectivity index (χ4n) is 2.32. The molecule has 2 aromatic heterocycles. The molecule has 0 unspecified atom stereocenters. The molecule has 124 valence electrons. The van der Waals surface area contributed by atoms with Gasteiger partial charge in [0.15, 0.2) is 11.6 Å². The highest BCUT2D eigenvalue weighted by atomic mass is 19.4. The molecule has 0 saturated heterocycles. The number of aryl methyl sites for hydroxylation is 2. The van der Waals surface area contributed by atoms with Gasteiger partial charge in [-0.25, -0.2) is 9.97 Å². The second kappa shape index (κ2) is 5.95. The molecule has 3 aromatic rings. The highest BCUT2D eigenvalue weighted by Gasteiger charge is 2.29. The number of benzene rings is 1. The molecule has 5 nitrogen and oxygen atoms in total. The molecule has 1 aromatic carbocycles. The topological polar surface area (TPSA) is 55.6 Å². The van der Waals surface area contributed by atoms with Crippen molar-refractivity contribution in [1.29, 1.82) is 0 Å². The van der Waals surface area contributed by atoms with E-state index in [1.165, 1.54) is 18.3 Å². The van der Waals surface area contributed by atoms with E-state index in [1.807, 2.05) is 18.4 Å². The van der Waals surface area contributed by atoms with Gasteiger partial charge in [0.2, 0.25) is 0 Å². The van der Waals surface area contributed by atoms with Crippen molar-refractivity contribution in [3.8, 4) is 5.82 Å². The van der Waals surface area contributed by atoms with E-state index in [0.717, 1.165) is 23.7 Å². The van der Waals surface area contributed by atoms with Gasteiger partial charge in [0.1, 0.15) is 5.82 Å². The quantitative estimate of drug-likeness (QED) is 0.786. The predicted octanol–water partition coefficient (Wildman–Crippen LogP) is 4.04. The lowest BCUT2D eigenvalue weighted by Gasteiger charge is -2.11. The normalized spacial score (nSPS) is 11.5. The summed E-state index contributed by atoms with van der Waals surface area (Å²) in [5.74, 6) is 1.78. The van der Waals surface area contributed by atoms with Crippen molar-refractivity contribution >= 4 is 11.5 Å². The Hall–Kier alpha value is -2.90. The van der Waals surface area contributed by atoms with E-state index in [9.17, 15) is 13.2 Å². The zero-order valence-electron chi connectivity index (χ0n) is 13.0. The molecule has 0 aliphatic carbocycles. The number of aromatic nitrogens is 4. The van der Waals surface area contributed by atoms with Crippen LogP contribution < -0.4 is 5.32 Å². The number of hydrogen-bond acceptors (Lipinski definition) is 4. The molecule has 0 aliphatic heterocycles. The van der Waals surface area contributed by atoms with Crippen molar-refractivity contribution < 1.29 is 13.2 Å². The van der Waals surface area contributed by atoms with Gasteiger partial charge in [0, 0.05) is 17.6 Å². The number of rotatable bonds is 3. The molecule has 0 bridgehead atoms. The average molecular weight is 333 g/mol. The Morgan fingerprint density at radius 2 is 1.71 bits per heavy atom. The van der Waals surface area contributed by atoms with E-state index in [2.05, 4.69) is 20.3 Å². The summed E-state index contributed by atoms with van der Waals surface area (Å²) in [7, 11) is 0. The molecule has 0 radical (unpaired) electrons. The smallest absolute Gasteiger partial charge is 0.339 e. The third-order valence-corrected chi connectivity index (χ3v) is 3.45. The van der Waals surface area contributed by atoms with Gasteiger partial charge in [-0.15, -0.1) is 0 Å². The first-order valence-electron chi connectivity index (χ1n) is 7.12. The number of anilines is 2. The van der Waals surface area contributed by atoms with E-state index in [0.29, 0.717) is 17.3 Å².